The van der Waals surface area contributed by atoms with Crippen LogP contribution in [0.2, 0.25) is 0 Å². The minimum atomic E-state index is 0.893. The molecule has 74 valence electrons. The molecule has 1 N–H and O–H groups in total. The molecule has 13 heavy (non-hydrogen) atoms. The predicted octanol–water partition coefficient (Wildman–Crippen LogP) is 1.79. The first-order valence-corrected chi connectivity index (χ1v) is 5.08. The highest BCUT2D eigenvalue weighted by atomic mass is 15.0. The number of nitrogens with zero attached hydrogens (tertiary/aromatic N) is 2. The van der Waals surface area contributed by atoms with Crippen molar-refractivity contribution in [2.45, 2.75) is 39.8 Å². The van der Waals surface area contributed by atoms with E-state index in [9.17, 15) is 0 Å². The van der Waals surface area contributed by atoms with Gasteiger partial charge in [0.1, 0.15) is 0 Å². The van der Waals surface area contributed by atoms with Crippen LogP contribution in [0.1, 0.15) is 32.4 Å². The molecule has 0 aromatic carbocycles. The van der Waals surface area contributed by atoms with Gasteiger partial charge in [0.2, 0.25) is 0 Å². The quantitative estimate of drug-likeness (QED) is 0.678. The second-order valence-corrected chi connectivity index (χ2v) is 3.28. The van der Waals surface area contributed by atoms with Gasteiger partial charge in [-0.3, -0.25) is 0 Å². The van der Waals surface area contributed by atoms with Gasteiger partial charge in [0.05, 0.1) is 12.0 Å². The molecule has 0 amide bonds. The smallest absolute Gasteiger partial charge is 0.0949 e. The third-order valence-corrected chi connectivity index (χ3v) is 1.90. The Kier molecular flexibility index (Phi) is 4.54. The molecular weight excluding hydrogens is 162 g/mol. The van der Waals surface area contributed by atoms with Crippen LogP contribution >= 0.6 is 0 Å². The van der Waals surface area contributed by atoms with Gasteiger partial charge in [-0.1, -0.05) is 13.8 Å². The first-order chi connectivity index (χ1) is 6.36. The van der Waals surface area contributed by atoms with Crippen LogP contribution in [-0.2, 0) is 13.1 Å². The molecule has 0 aliphatic rings. The summed E-state index contributed by atoms with van der Waals surface area (Å²) in [6.07, 6.45) is 6.37. The largest absolute Gasteiger partial charge is 0.337 e. The number of hydrogen-bond donors (Lipinski definition) is 1. The second kappa shape index (κ2) is 5.75. The first-order valence-electron chi connectivity index (χ1n) is 5.08. The zero-order chi connectivity index (χ0) is 9.52. The van der Waals surface area contributed by atoms with Gasteiger partial charge in [0.25, 0.3) is 0 Å². The molecule has 0 fully saturated rings. The highest BCUT2D eigenvalue weighted by molar-refractivity contribution is 4.95. The van der Waals surface area contributed by atoms with E-state index >= 15 is 0 Å². The van der Waals surface area contributed by atoms with Crippen molar-refractivity contribution in [2.75, 3.05) is 6.54 Å². The van der Waals surface area contributed by atoms with E-state index in [1.807, 2.05) is 6.33 Å². The summed E-state index contributed by atoms with van der Waals surface area (Å²) < 4.78 is 2.14. The maximum absolute atomic E-state index is 4.31. The van der Waals surface area contributed by atoms with Crippen LogP contribution in [0.4, 0.5) is 0 Å². The maximum Gasteiger partial charge on any atom is 0.0949 e. The van der Waals surface area contributed by atoms with E-state index < -0.39 is 0 Å². The average molecular weight is 181 g/mol. The molecule has 0 saturated carbocycles. The number of aromatic nitrogens is 2. The van der Waals surface area contributed by atoms with E-state index in [1.54, 1.807) is 0 Å². The second-order valence-electron chi connectivity index (χ2n) is 3.28. The van der Waals surface area contributed by atoms with Gasteiger partial charge >= 0.3 is 0 Å². The predicted molar refractivity (Wildman–Crippen MR) is 54.5 cm³/mol. The summed E-state index contributed by atoms with van der Waals surface area (Å²) in [5.41, 5.74) is 1.14. The highest BCUT2D eigenvalue weighted by Crippen LogP contribution is 1.96. The van der Waals surface area contributed by atoms with Gasteiger partial charge in [-0.2, -0.15) is 0 Å². The number of rotatable bonds is 6. The summed E-state index contributed by atoms with van der Waals surface area (Å²) in [4.78, 5) is 4.31. The van der Waals surface area contributed by atoms with Crippen LogP contribution < -0.4 is 5.32 Å². The van der Waals surface area contributed by atoms with Crippen molar-refractivity contribution in [3.8, 4) is 0 Å². The summed E-state index contributed by atoms with van der Waals surface area (Å²) in [6.45, 7) is 7.38. The standard InChI is InChI=1S/C10H19N3/c1-3-5-11-7-10-8-13(6-4-2)9-12-10/h8-9,11H,3-7H2,1-2H3. The van der Waals surface area contributed by atoms with Gasteiger partial charge in [0.15, 0.2) is 0 Å². The first kappa shape index (κ1) is 10.3. The molecule has 0 aliphatic heterocycles. The minimum Gasteiger partial charge on any atom is -0.337 e. The lowest BCUT2D eigenvalue weighted by Gasteiger charge is -1.98. The van der Waals surface area contributed by atoms with Crippen molar-refractivity contribution in [3.05, 3.63) is 18.2 Å². The van der Waals surface area contributed by atoms with E-state index in [1.165, 1.54) is 6.42 Å². The van der Waals surface area contributed by atoms with Crippen molar-refractivity contribution in [1.29, 1.82) is 0 Å². The van der Waals surface area contributed by atoms with Crippen LogP contribution in [-0.4, -0.2) is 16.1 Å². The molecule has 0 unspecified atom stereocenters. The fraction of sp³-hybridized carbons (Fsp3) is 0.700. The summed E-state index contributed by atoms with van der Waals surface area (Å²) in [7, 11) is 0. The fourth-order valence-corrected chi connectivity index (χ4v) is 1.27. The lowest BCUT2D eigenvalue weighted by molar-refractivity contribution is 0.660. The van der Waals surface area contributed by atoms with E-state index in [4.69, 9.17) is 0 Å². The Balaban J connectivity index is 2.31. The Bertz CT molecular complexity index is 230. The average Bonchev–Trinajstić information content (AvgIpc) is 2.54. The Labute approximate surface area is 80.2 Å². The van der Waals surface area contributed by atoms with Crippen molar-refractivity contribution in [2.24, 2.45) is 0 Å². The lowest BCUT2D eigenvalue weighted by atomic mass is 10.4. The van der Waals surface area contributed by atoms with Crippen LogP contribution in [0.15, 0.2) is 12.5 Å². The minimum absolute atomic E-state index is 0.893. The van der Waals surface area contributed by atoms with Crippen molar-refractivity contribution in [1.82, 2.24) is 14.9 Å². The molecule has 0 atom stereocenters. The van der Waals surface area contributed by atoms with Gasteiger partial charge in [-0.05, 0) is 19.4 Å². The number of imidazole rings is 1. The lowest BCUT2D eigenvalue weighted by Crippen LogP contribution is -2.13. The summed E-state index contributed by atoms with van der Waals surface area (Å²) in [5, 5.41) is 3.33. The van der Waals surface area contributed by atoms with E-state index in [2.05, 4.69) is 34.9 Å². The van der Waals surface area contributed by atoms with Gasteiger partial charge in [-0.25, -0.2) is 4.98 Å². The van der Waals surface area contributed by atoms with Gasteiger partial charge in [-0.15, -0.1) is 0 Å². The molecule has 0 spiro atoms. The number of hydrogen-bond acceptors (Lipinski definition) is 2. The van der Waals surface area contributed by atoms with E-state index in [0.717, 1.165) is 31.7 Å². The zero-order valence-electron chi connectivity index (χ0n) is 8.58. The Morgan fingerprint density at radius 2 is 2.23 bits per heavy atom. The highest BCUT2D eigenvalue weighted by Gasteiger charge is 1.96. The molecule has 0 aliphatic carbocycles. The van der Waals surface area contributed by atoms with Crippen LogP contribution in [0.5, 0.6) is 0 Å². The molecule has 1 rings (SSSR count). The van der Waals surface area contributed by atoms with Crippen LogP contribution in [0.25, 0.3) is 0 Å². The van der Waals surface area contributed by atoms with Crippen LogP contribution in [0, 0.1) is 0 Å². The fourth-order valence-electron chi connectivity index (χ4n) is 1.27. The monoisotopic (exact) mass is 181 g/mol. The SMILES string of the molecule is CCCNCc1cn(CCC)cn1. The number of aryl methyl sites for hydroxylation is 1. The van der Waals surface area contributed by atoms with E-state index in [-0.39, 0.29) is 0 Å². The molecule has 3 nitrogen and oxygen atoms in total. The molecule has 1 heterocycles. The molecule has 0 bridgehead atoms. The Hall–Kier alpha value is -0.830. The normalized spacial score (nSPS) is 10.6. The Morgan fingerprint density at radius 1 is 1.38 bits per heavy atom. The molecule has 0 saturated heterocycles. The molecule has 0 radical (unpaired) electrons. The summed E-state index contributed by atoms with van der Waals surface area (Å²) in [5.74, 6) is 0. The summed E-state index contributed by atoms with van der Waals surface area (Å²) in [6, 6.07) is 0. The van der Waals surface area contributed by atoms with Crippen LogP contribution in [0.3, 0.4) is 0 Å². The maximum atomic E-state index is 4.31. The van der Waals surface area contributed by atoms with Crippen molar-refractivity contribution in [3.63, 3.8) is 0 Å². The van der Waals surface area contributed by atoms with Gasteiger partial charge < -0.3 is 9.88 Å². The third kappa shape index (κ3) is 3.59. The zero-order valence-corrected chi connectivity index (χ0v) is 8.58. The van der Waals surface area contributed by atoms with Crippen molar-refractivity contribution < 1.29 is 0 Å². The Morgan fingerprint density at radius 3 is 2.92 bits per heavy atom. The van der Waals surface area contributed by atoms with Gasteiger partial charge in [0, 0.05) is 19.3 Å². The molecule has 3 heteroatoms. The third-order valence-electron chi connectivity index (χ3n) is 1.90. The van der Waals surface area contributed by atoms with Crippen molar-refractivity contribution >= 4 is 0 Å². The molecule has 1 aromatic rings. The summed E-state index contributed by atoms with van der Waals surface area (Å²) >= 11 is 0. The molecule has 1 aromatic heterocycles. The van der Waals surface area contributed by atoms with E-state index in [0.29, 0.717) is 0 Å². The number of nitrogens with one attached hydrogen (secondary N) is 1. The topological polar surface area (TPSA) is 29.9 Å². The molecular formula is C10H19N3.